The molecule has 1 aliphatic heterocycles. The van der Waals surface area contributed by atoms with Gasteiger partial charge in [-0.15, -0.1) is 0 Å². The molecule has 0 spiro atoms. The molecule has 1 amide bonds. The summed E-state index contributed by atoms with van der Waals surface area (Å²) in [6.07, 6.45) is 1.81. The fraction of sp³-hybridized carbons (Fsp3) is 0.800. The average Bonchev–Trinajstić information content (AvgIpc) is 2.09. The van der Waals surface area contributed by atoms with Crippen molar-refractivity contribution in [2.45, 2.75) is 12.8 Å². The second-order valence-electron chi connectivity index (χ2n) is 2.56. The van der Waals surface area contributed by atoms with E-state index in [1.165, 1.54) is 0 Å². The molecule has 13 heavy (non-hydrogen) atoms. The van der Waals surface area contributed by atoms with E-state index >= 15 is 0 Å². The summed E-state index contributed by atoms with van der Waals surface area (Å²) in [5, 5.41) is 0. The van der Waals surface area contributed by atoms with Crippen molar-refractivity contribution < 1.29 is 4.79 Å². The van der Waals surface area contributed by atoms with E-state index in [0.29, 0.717) is 5.91 Å². The maximum absolute atomic E-state index is 10.5. The Morgan fingerprint density at radius 1 is 1.23 bits per heavy atom. The molecule has 0 aromatic heterocycles. The number of rotatable bonds is 0. The molecular formula is C5H9Cl5NOSb. The average molecular weight is 398 g/mol. The van der Waals surface area contributed by atoms with Gasteiger partial charge >= 0.3 is 55.8 Å². The van der Waals surface area contributed by atoms with Gasteiger partial charge in [-0.05, 0) is 6.42 Å². The fourth-order valence-electron chi connectivity index (χ4n) is 0.783. The van der Waals surface area contributed by atoms with Gasteiger partial charge < -0.3 is 4.90 Å². The predicted octanol–water partition coefficient (Wildman–Crippen LogP) is 3.31. The molecule has 0 aromatic carbocycles. The molecule has 1 saturated heterocycles. The fourth-order valence-corrected chi connectivity index (χ4v) is 0.783. The molecule has 80 valence electrons. The van der Waals surface area contributed by atoms with Gasteiger partial charge in [0.2, 0.25) is 5.91 Å². The standard InChI is InChI=1S/C5H9NO.5ClH.Sb/c1-6-4-2-3-5(6)7;;;;;;/h2-4H2,1H3;5*1H;/q;;;;;;+5/p-5. The van der Waals surface area contributed by atoms with E-state index in [9.17, 15) is 4.79 Å². The Labute approximate surface area is 96.8 Å². The van der Waals surface area contributed by atoms with Crippen molar-refractivity contribution in [1.29, 1.82) is 0 Å². The zero-order chi connectivity index (χ0) is 10.7. The Balaban J connectivity index is 0.000000226. The third kappa shape index (κ3) is 13.7. The zero-order valence-corrected chi connectivity index (χ0v) is 13.1. The molecule has 0 N–H and O–H groups in total. The summed E-state index contributed by atoms with van der Waals surface area (Å²) >= 11 is -4.33. The van der Waals surface area contributed by atoms with Crippen molar-refractivity contribution in [2.24, 2.45) is 0 Å². The molecule has 8 heteroatoms. The summed E-state index contributed by atoms with van der Waals surface area (Å²) in [4.78, 5) is 12.3. The Hall–Kier alpha value is 1.74. The van der Waals surface area contributed by atoms with Crippen molar-refractivity contribution in [3.8, 4) is 0 Å². The third-order valence-electron chi connectivity index (χ3n) is 1.31. The van der Waals surface area contributed by atoms with Gasteiger partial charge in [-0.25, -0.2) is 0 Å². The third-order valence-corrected chi connectivity index (χ3v) is 1.31. The summed E-state index contributed by atoms with van der Waals surface area (Å²) in [6, 6.07) is 0. The van der Waals surface area contributed by atoms with E-state index in [1.54, 1.807) is 4.90 Å². The molecule has 0 aliphatic carbocycles. The van der Waals surface area contributed by atoms with Crippen LogP contribution >= 0.6 is 44.1 Å². The van der Waals surface area contributed by atoms with Crippen molar-refractivity contribution >= 4 is 61.7 Å². The first kappa shape index (κ1) is 14.7. The first-order chi connectivity index (χ1) is 5.54. The van der Waals surface area contributed by atoms with Crippen LogP contribution in [0.15, 0.2) is 0 Å². The molecule has 1 aliphatic rings. The van der Waals surface area contributed by atoms with Crippen molar-refractivity contribution in [3.05, 3.63) is 0 Å². The summed E-state index contributed by atoms with van der Waals surface area (Å²) in [5.74, 6) is 0.292. The van der Waals surface area contributed by atoms with E-state index in [2.05, 4.69) is 0 Å². The minimum atomic E-state index is -4.33. The number of carbonyl (C=O) groups excluding carboxylic acids is 1. The van der Waals surface area contributed by atoms with Gasteiger partial charge in [-0.1, -0.05) is 0 Å². The van der Waals surface area contributed by atoms with Crippen molar-refractivity contribution in [3.63, 3.8) is 0 Å². The molecule has 1 heterocycles. The minimum absolute atomic E-state index is 0.292. The summed E-state index contributed by atoms with van der Waals surface area (Å²) < 4.78 is 0. The van der Waals surface area contributed by atoms with Crippen LogP contribution in [0.2, 0.25) is 0 Å². The van der Waals surface area contributed by atoms with Gasteiger partial charge in [-0.3, -0.25) is 4.79 Å². The normalized spacial score (nSPS) is 20.3. The molecule has 0 aromatic rings. The number of halogens is 5. The van der Waals surface area contributed by atoms with Crippen LogP contribution in [0.3, 0.4) is 0 Å². The molecule has 2 nitrogen and oxygen atoms in total. The molecule has 0 atom stereocenters. The Kier molecular flexibility index (Phi) is 5.88. The summed E-state index contributed by atoms with van der Waals surface area (Å²) in [6.45, 7) is 0.957. The van der Waals surface area contributed by atoms with E-state index < -0.39 is 11.7 Å². The molecule has 0 bridgehead atoms. The molecule has 0 unspecified atom stereocenters. The van der Waals surface area contributed by atoms with Gasteiger partial charge in [0.1, 0.15) is 0 Å². The number of hydrogen-bond acceptors (Lipinski definition) is 1. The van der Waals surface area contributed by atoms with E-state index in [4.69, 9.17) is 44.1 Å². The van der Waals surface area contributed by atoms with Crippen LogP contribution in [-0.4, -0.2) is 36.1 Å². The Morgan fingerprint density at radius 2 is 1.62 bits per heavy atom. The van der Waals surface area contributed by atoms with E-state index in [0.717, 1.165) is 19.4 Å². The van der Waals surface area contributed by atoms with Gasteiger partial charge in [0.15, 0.2) is 0 Å². The Bertz CT molecular complexity index is 184. The van der Waals surface area contributed by atoms with E-state index in [-0.39, 0.29) is 0 Å². The van der Waals surface area contributed by atoms with Crippen LogP contribution in [0, 0.1) is 0 Å². The molecule has 0 saturated carbocycles. The number of carbonyl (C=O) groups is 1. The van der Waals surface area contributed by atoms with Crippen LogP contribution in [0.5, 0.6) is 0 Å². The maximum atomic E-state index is 10.5. The van der Waals surface area contributed by atoms with Crippen LogP contribution in [0.1, 0.15) is 12.8 Å². The quantitative estimate of drug-likeness (QED) is 0.574. The number of nitrogens with zero attached hydrogens (tertiary/aromatic N) is 1. The predicted molar refractivity (Wildman–Crippen MR) is 61.9 cm³/mol. The van der Waals surface area contributed by atoms with Gasteiger partial charge in [0, 0.05) is 20.0 Å². The molecule has 1 fully saturated rings. The summed E-state index contributed by atoms with van der Waals surface area (Å²) in [5.41, 5.74) is 0. The van der Waals surface area contributed by atoms with E-state index in [1.807, 2.05) is 7.05 Å². The van der Waals surface area contributed by atoms with Crippen molar-refractivity contribution in [2.75, 3.05) is 13.6 Å². The number of hydrogen-bond donors (Lipinski definition) is 0. The van der Waals surface area contributed by atoms with Crippen LogP contribution < -0.4 is 0 Å². The topological polar surface area (TPSA) is 20.3 Å². The Morgan fingerprint density at radius 3 is 1.69 bits per heavy atom. The van der Waals surface area contributed by atoms with Gasteiger partial charge in [0.25, 0.3) is 0 Å². The van der Waals surface area contributed by atoms with Crippen LogP contribution in [-0.2, 0) is 4.79 Å². The second kappa shape index (κ2) is 5.18. The number of likely N-dealkylation sites (tertiary alicyclic amines) is 1. The molecule has 1 rings (SSSR count). The van der Waals surface area contributed by atoms with Gasteiger partial charge in [0.05, 0.1) is 0 Å². The monoisotopic (exact) mass is 395 g/mol. The first-order valence-corrected chi connectivity index (χ1v) is 19.6. The molecular weight excluding hydrogens is 389 g/mol. The van der Waals surface area contributed by atoms with Crippen LogP contribution in [0.4, 0.5) is 0 Å². The van der Waals surface area contributed by atoms with Gasteiger partial charge in [-0.2, -0.15) is 0 Å². The summed E-state index contributed by atoms with van der Waals surface area (Å²) in [7, 11) is 27.1. The second-order valence-corrected chi connectivity index (χ2v) is 40.5. The SMILES string of the molecule is CN1CCCC1=O.[Cl][Sb]([Cl])([Cl])([Cl])[Cl]. The van der Waals surface area contributed by atoms with Crippen molar-refractivity contribution in [1.82, 2.24) is 4.90 Å². The first-order valence-electron chi connectivity index (χ1n) is 3.39. The number of amides is 1. The molecule has 0 radical (unpaired) electrons. The van der Waals surface area contributed by atoms with Crippen LogP contribution in [0.25, 0.3) is 0 Å². The zero-order valence-electron chi connectivity index (χ0n) is 6.81.